The molecule has 0 saturated heterocycles. The average molecular weight is 149 g/mol. The van der Waals surface area contributed by atoms with Crippen molar-refractivity contribution in [2.75, 3.05) is 5.32 Å². The van der Waals surface area contributed by atoms with Crippen LogP contribution in [0.25, 0.3) is 0 Å². The van der Waals surface area contributed by atoms with E-state index in [1.54, 1.807) is 0 Å². The molecule has 0 spiro atoms. The number of hydrogen-bond acceptors (Lipinski definition) is 1. The van der Waals surface area contributed by atoms with Gasteiger partial charge >= 0.3 is 0 Å². The van der Waals surface area contributed by atoms with Crippen LogP contribution in [-0.4, -0.2) is 5.91 Å². The summed E-state index contributed by atoms with van der Waals surface area (Å²) in [5.74, 6) is -0.668. The number of fused-ring (bicyclic) bond motifs is 1. The number of carbonyl (C=O) groups excluding carboxylic acids is 1. The van der Waals surface area contributed by atoms with E-state index in [1.165, 1.54) is 18.2 Å². The van der Waals surface area contributed by atoms with Gasteiger partial charge in [0.2, 0.25) is 5.91 Å². The van der Waals surface area contributed by atoms with Gasteiger partial charge in [-0.3, -0.25) is 4.79 Å². The van der Waals surface area contributed by atoms with Gasteiger partial charge in [0.05, 0.1) is 0 Å². The zero-order chi connectivity index (χ0) is 7.84. The lowest BCUT2D eigenvalue weighted by molar-refractivity contribution is -0.112. The number of amides is 1. The van der Waals surface area contributed by atoms with Crippen molar-refractivity contribution in [3.8, 4) is 0 Å². The standard InChI is InChI=1S/C8H4FNO/c9-6-2-1-5-3-8(11)10-7(5)4-6/h1-2,4H,(H,10,11). The molecule has 1 heterocycles. The summed E-state index contributed by atoms with van der Waals surface area (Å²) in [6.07, 6.45) is 2.51. The molecule has 1 aromatic rings. The van der Waals surface area contributed by atoms with Crippen LogP contribution in [0.15, 0.2) is 18.2 Å². The van der Waals surface area contributed by atoms with Crippen molar-refractivity contribution in [1.29, 1.82) is 0 Å². The van der Waals surface area contributed by atoms with Crippen molar-refractivity contribution >= 4 is 11.6 Å². The molecule has 1 aliphatic heterocycles. The van der Waals surface area contributed by atoms with Crippen LogP contribution in [0, 0.1) is 12.2 Å². The Kier molecular flexibility index (Phi) is 1.18. The van der Waals surface area contributed by atoms with Gasteiger partial charge in [-0.2, -0.15) is 0 Å². The number of rotatable bonds is 0. The first-order valence-electron chi connectivity index (χ1n) is 3.13. The highest BCUT2D eigenvalue weighted by Crippen LogP contribution is 2.24. The number of anilines is 1. The molecule has 0 aliphatic carbocycles. The van der Waals surface area contributed by atoms with E-state index in [4.69, 9.17) is 0 Å². The minimum Gasteiger partial charge on any atom is -0.325 e. The number of nitrogens with one attached hydrogen (secondary N) is 1. The molecule has 3 heteroatoms. The van der Waals surface area contributed by atoms with E-state index in [9.17, 15) is 9.18 Å². The van der Waals surface area contributed by atoms with Gasteiger partial charge in [0.1, 0.15) is 12.2 Å². The number of halogens is 1. The Bertz CT molecular complexity index is 322. The Balaban J connectivity index is 2.51. The Morgan fingerprint density at radius 3 is 3.09 bits per heavy atom. The lowest BCUT2D eigenvalue weighted by atomic mass is 10.2. The monoisotopic (exact) mass is 149 g/mol. The summed E-state index contributed by atoms with van der Waals surface area (Å²) in [6, 6.07) is 4.09. The fourth-order valence-electron chi connectivity index (χ4n) is 1.00. The molecule has 54 valence electrons. The van der Waals surface area contributed by atoms with Crippen LogP contribution in [0.1, 0.15) is 5.56 Å². The normalized spacial score (nSPS) is 14.5. The third kappa shape index (κ3) is 0.981. The molecule has 1 aromatic carbocycles. The largest absolute Gasteiger partial charge is 0.325 e. The van der Waals surface area contributed by atoms with Crippen molar-refractivity contribution in [3.05, 3.63) is 36.0 Å². The topological polar surface area (TPSA) is 29.1 Å². The molecule has 2 radical (unpaired) electrons. The predicted molar refractivity (Wildman–Crippen MR) is 37.4 cm³/mol. The van der Waals surface area contributed by atoms with Gasteiger partial charge < -0.3 is 5.32 Å². The second-order valence-corrected chi connectivity index (χ2v) is 2.27. The molecule has 0 aromatic heterocycles. The van der Waals surface area contributed by atoms with E-state index in [0.29, 0.717) is 11.3 Å². The zero-order valence-electron chi connectivity index (χ0n) is 5.52. The number of benzene rings is 1. The Morgan fingerprint density at radius 1 is 1.45 bits per heavy atom. The smallest absolute Gasteiger partial charge is 0.238 e. The van der Waals surface area contributed by atoms with Crippen LogP contribution < -0.4 is 5.32 Å². The number of carbonyl (C=O) groups is 1. The van der Waals surface area contributed by atoms with E-state index in [1.807, 2.05) is 0 Å². The van der Waals surface area contributed by atoms with Gasteiger partial charge in [-0.05, 0) is 17.7 Å². The molecule has 1 N–H and O–H groups in total. The molecule has 1 aliphatic rings. The molecule has 0 fully saturated rings. The van der Waals surface area contributed by atoms with Gasteiger partial charge in [0.25, 0.3) is 0 Å². The van der Waals surface area contributed by atoms with E-state index < -0.39 is 0 Å². The summed E-state index contributed by atoms with van der Waals surface area (Å²) in [5, 5.41) is 2.45. The van der Waals surface area contributed by atoms with Gasteiger partial charge in [0.15, 0.2) is 0 Å². The summed E-state index contributed by atoms with van der Waals surface area (Å²) >= 11 is 0. The van der Waals surface area contributed by atoms with E-state index >= 15 is 0 Å². The maximum absolute atomic E-state index is 12.5. The van der Waals surface area contributed by atoms with Crippen molar-refractivity contribution in [2.24, 2.45) is 0 Å². The van der Waals surface area contributed by atoms with Gasteiger partial charge in [0, 0.05) is 5.69 Å². The highest BCUT2D eigenvalue weighted by molar-refractivity contribution is 6.06. The minimum atomic E-state index is -0.354. The maximum Gasteiger partial charge on any atom is 0.238 e. The SMILES string of the molecule is O=C1[C]c2ccc(F)cc2N1. The van der Waals surface area contributed by atoms with Crippen LogP contribution in [0.5, 0.6) is 0 Å². The molecular formula is C8H4FNO. The minimum absolute atomic E-state index is 0.314. The molecular weight excluding hydrogens is 145 g/mol. The van der Waals surface area contributed by atoms with Gasteiger partial charge in [-0.1, -0.05) is 6.07 Å². The van der Waals surface area contributed by atoms with E-state index in [0.717, 1.165) is 0 Å². The van der Waals surface area contributed by atoms with E-state index in [-0.39, 0.29) is 11.7 Å². The highest BCUT2D eigenvalue weighted by Gasteiger charge is 2.18. The first-order chi connectivity index (χ1) is 5.25. The van der Waals surface area contributed by atoms with Crippen LogP contribution in [0.2, 0.25) is 0 Å². The first-order valence-corrected chi connectivity index (χ1v) is 3.13. The predicted octanol–water partition coefficient (Wildman–Crippen LogP) is 1.21. The van der Waals surface area contributed by atoms with Gasteiger partial charge in [-0.25, -0.2) is 4.39 Å². The van der Waals surface area contributed by atoms with Crippen molar-refractivity contribution in [2.45, 2.75) is 0 Å². The molecule has 0 unspecified atom stereocenters. The molecule has 0 bridgehead atoms. The van der Waals surface area contributed by atoms with Crippen LogP contribution in [0.3, 0.4) is 0 Å². The summed E-state index contributed by atoms with van der Waals surface area (Å²) < 4.78 is 12.5. The maximum atomic E-state index is 12.5. The Hall–Kier alpha value is -1.38. The molecule has 0 atom stereocenters. The van der Waals surface area contributed by atoms with Crippen LogP contribution >= 0.6 is 0 Å². The van der Waals surface area contributed by atoms with E-state index in [2.05, 4.69) is 11.7 Å². The average Bonchev–Trinajstić information content (AvgIpc) is 2.27. The van der Waals surface area contributed by atoms with Crippen molar-refractivity contribution < 1.29 is 9.18 Å². The first kappa shape index (κ1) is 6.34. The summed E-state index contributed by atoms with van der Waals surface area (Å²) in [7, 11) is 0. The fourth-order valence-corrected chi connectivity index (χ4v) is 1.00. The Morgan fingerprint density at radius 2 is 2.27 bits per heavy atom. The zero-order valence-corrected chi connectivity index (χ0v) is 5.52. The second-order valence-electron chi connectivity index (χ2n) is 2.27. The summed E-state index contributed by atoms with van der Waals surface area (Å²) in [4.78, 5) is 10.7. The molecule has 1 amide bonds. The highest BCUT2D eigenvalue weighted by atomic mass is 19.1. The van der Waals surface area contributed by atoms with Crippen LogP contribution in [0.4, 0.5) is 10.1 Å². The quantitative estimate of drug-likeness (QED) is 0.590. The lowest BCUT2D eigenvalue weighted by Crippen LogP contribution is -2.01. The lowest BCUT2D eigenvalue weighted by Gasteiger charge is -1.95. The van der Waals surface area contributed by atoms with Crippen LogP contribution in [-0.2, 0) is 4.79 Å². The second kappa shape index (κ2) is 2.05. The molecule has 2 rings (SSSR count). The Labute approximate surface area is 63.0 Å². The van der Waals surface area contributed by atoms with Gasteiger partial charge in [-0.15, -0.1) is 0 Å². The molecule has 0 saturated carbocycles. The fraction of sp³-hybridized carbons (Fsp3) is 0. The third-order valence-corrected chi connectivity index (χ3v) is 1.48. The summed E-state index contributed by atoms with van der Waals surface area (Å²) in [5.41, 5.74) is 1.12. The molecule has 11 heavy (non-hydrogen) atoms. The molecule has 2 nitrogen and oxygen atoms in total. The van der Waals surface area contributed by atoms with Crippen molar-refractivity contribution in [1.82, 2.24) is 0 Å². The van der Waals surface area contributed by atoms with Crippen molar-refractivity contribution in [3.63, 3.8) is 0 Å². The third-order valence-electron chi connectivity index (χ3n) is 1.48. The number of hydrogen-bond donors (Lipinski definition) is 1. The summed E-state index contributed by atoms with van der Waals surface area (Å²) in [6.45, 7) is 0.